The number of benzene rings is 1. The van der Waals surface area contributed by atoms with Crippen molar-refractivity contribution in [3.8, 4) is 0 Å². The van der Waals surface area contributed by atoms with E-state index in [1.54, 1.807) is 0 Å². The van der Waals surface area contributed by atoms with Crippen LogP contribution in [0.2, 0.25) is 0 Å². The molecule has 4 rings (SSSR count). The number of carbonyl (C=O) groups is 1. The lowest BCUT2D eigenvalue weighted by Gasteiger charge is -2.37. The monoisotopic (exact) mass is 427 g/mol. The lowest BCUT2D eigenvalue weighted by molar-refractivity contribution is -0.121. The van der Waals surface area contributed by atoms with E-state index in [1.165, 1.54) is 48.4 Å². The van der Waals surface area contributed by atoms with Crippen LogP contribution in [0.4, 0.5) is 5.69 Å². The van der Waals surface area contributed by atoms with Gasteiger partial charge in [-0.1, -0.05) is 28.1 Å². The number of aryl methyl sites for hydroxylation is 2. The van der Waals surface area contributed by atoms with E-state index in [9.17, 15) is 4.79 Å². The summed E-state index contributed by atoms with van der Waals surface area (Å²) in [6, 6.07) is 8.05. The first-order valence-electron chi connectivity index (χ1n) is 9.96. The van der Waals surface area contributed by atoms with E-state index in [0.717, 1.165) is 35.7 Å². The van der Waals surface area contributed by atoms with Gasteiger partial charge < -0.3 is 10.2 Å². The lowest BCUT2D eigenvalue weighted by atomic mass is 9.91. The van der Waals surface area contributed by atoms with Crippen LogP contribution in [0.3, 0.4) is 0 Å². The minimum Gasteiger partial charge on any atom is -0.371 e. The van der Waals surface area contributed by atoms with Crippen molar-refractivity contribution in [1.29, 1.82) is 0 Å². The normalized spacial score (nSPS) is 15.4. The van der Waals surface area contributed by atoms with Gasteiger partial charge in [0, 0.05) is 48.1 Å². The van der Waals surface area contributed by atoms with Gasteiger partial charge in [-0.2, -0.15) is 0 Å². The second kappa shape index (κ2) is 8.42. The van der Waals surface area contributed by atoms with E-state index in [1.807, 2.05) is 24.3 Å². The van der Waals surface area contributed by atoms with Crippen molar-refractivity contribution in [2.75, 3.05) is 18.0 Å². The first kappa shape index (κ1) is 18.5. The van der Waals surface area contributed by atoms with Crippen molar-refractivity contribution in [3.05, 3.63) is 57.3 Å². The molecular weight excluding hydrogens is 402 g/mol. The van der Waals surface area contributed by atoms with Gasteiger partial charge in [0.15, 0.2) is 0 Å². The predicted molar refractivity (Wildman–Crippen MR) is 112 cm³/mol. The zero-order valence-electron chi connectivity index (χ0n) is 15.6. The largest absolute Gasteiger partial charge is 0.371 e. The molecule has 4 nitrogen and oxygen atoms in total. The van der Waals surface area contributed by atoms with Crippen LogP contribution in [0.5, 0.6) is 0 Å². The molecule has 0 atom stereocenters. The second-order valence-electron chi connectivity index (χ2n) is 7.51. The molecule has 27 heavy (non-hydrogen) atoms. The summed E-state index contributed by atoms with van der Waals surface area (Å²) < 4.78 is 1.05. The molecule has 0 saturated carbocycles. The third kappa shape index (κ3) is 4.34. The van der Waals surface area contributed by atoms with E-state index < -0.39 is 0 Å². The Bertz CT molecular complexity index is 817. The Morgan fingerprint density at radius 3 is 2.74 bits per heavy atom. The number of pyridine rings is 1. The van der Waals surface area contributed by atoms with Gasteiger partial charge in [-0.25, -0.2) is 0 Å². The van der Waals surface area contributed by atoms with E-state index in [0.29, 0.717) is 13.0 Å². The summed E-state index contributed by atoms with van der Waals surface area (Å²) in [5, 5.41) is 3.02. The molecule has 0 radical (unpaired) electrons. The molecule has 2 aliphatic heterocycles. The standard InChI is InChI=1S/C22H26BrN3O/c23-18-10-8-16(9-11-18)14-25-21(27)7-1-6-20-19-5-3-13-26-12-2-4-17(15-24-20)22(19)26/h8-11,15H,1-7,12-14H2,(H,25,27). The average molecular weight is 428 g/mol. The molecule has 0 unspecified atom stereocenters. The van der Waals surface area contributed by atoms with E-state index in [4.69, 9.17) is 4.98 Å². The van der Waals surface area contributed by atoms with Gasteiger partial charge in [0.25, 0.3) is 0 Å². The van der Waals surface area contributed by atoms with Crippen molar-refractivity contribution in [2.45, 2.75) is 51.5 Å². The molecule has 1 aromatic heterocycles. The van der Waals surface area contributed by atoms with Crippen LogP contribution < -0.4 is 10.2 Å². The smallest absolute Gasteiger partial charge is 0.220 e. The number of rotatable bonds is 6. The van der Waals surface area contributed by atoms with Crippen LogP contribution in [-0.4, -0.2) is 24.0 Å². The summed E-state index contributed by atoms with van der Waals surface area (Å²) in [6.07, 6.45) is 9.14. The highest BCUT2D eigenvalue weighted by molar-refractivity contribution is 9.10. The second-order valence-corrected chi connectivity index (χ2v) is 8.42. The van der Waals surface area contributed by atoms with Gasteiger partial charge in [0.1, 0.15) is 0 Å². The van der Waals surface area contributed by atoms with Gasteiger partial charge in [0.2, 0.25) is 5.91 Å². The molecule has 0 saturated heterocycles. The van der Waals surface area contributed by atoms with Crippen molar-refractivity contribution in [1.82, 2.24) is 10.3 Å². The Hall–Kier alpha value is -1.88. The molecule has 1 aromatic carbocycles. The summed E-state index contributed by atoms with van der Waals surface area (Å²) in [4.78, 5) is 19.5. The highest BCUT2D eigenvalue weighted by atomic mass is 79.9. The minimum absolute atomic E-state index is 0.117. The first-order valence-corrected chi connectivity index (χ1v) is 10.8. The fourth-order valence-corrected chi connectivity index (χ4v) is 4.49. The van der Waals surface area contributed by atoms with Gasteiger partial charge in [-0.05, 0) is 67.3 Å². The molecule has 5 heteroatoms. The quantitative estimate of drug-likeness (QED) is 0.751. The SMILES string of the molecule is O=C(CCCc1ncc2c3c1CCCN3CCC2)NCc1ccc(Br)cc1. The number of nitrogens with one attached hydrogen (secondary N) is 1. The highest BCUT2D eigenvalue weighted by Crippen LogP contribution is 2.36. The van der Waals surface area contributed by atoms with Crippen molar-refractivity contribution >= 4 is 27.5 Å². The average Bonchev–Trinajstić information content (AvgIpc) is 2.69. The van der Waals surface area contributed by atoms with Crippen LogP contribution in [0.25, 0.3) is 0 Å². The van der Waals surface area contributed by atoms with E-state index in [-0.39, 0.29) is 5.91 Å². The predicted octanol–water partition coefficient (Wildman–Crippen LogP) is 4.18. The summed E-state index contributed by atoms with van der Waals surface area (Å²) in [5.41, 5.74) is 6.67. The number of hydrogen-bond donors (Lipinski definition) is 1. The van der Waals surface area contributed by atoms with Gasteiger partial charge in [-0.3, -0.25) is 9.78 Å². The molecule has 1 amide bonds. The van der Waals surface area contributed by atoms with E-state index >= 15 is 0 Å². The Kier molecular flexibility index (Phi) is 5.77. The molecule has 3 heterocycles. The number of halogens is 1. The fraction of sp³-hybridized carbons (Fsp3) is 0.455. The number of hydrogen-bond acceptors (Lipinski definition) is 3. The maximum atomic E-state index is 12.2. The van der Waals surface area contributed by atoms with Crippen LogP contribution in [0, 0.1) is 0 Å². The number of carbonyl (C=O) groups excluding carboxylic acids is 1. The third-order valence-corrected chi connectivity index (χ3v) is 6.11. The topological polar surface area (TPSA) is 45.2 Å². The third-order valence-electron chi connectivity index (χ3n) is 5.58. The minimum atomic E-state index is 0.117. The molecular formula is C22H26BrN3O. The van der Waals surface area contributed by atoms with Crippen LogP contribution in [-0.2, 0) is 30.6 Å². The summed E-state index contributed by atoms with van der Waals surface area (Å²) in [6.45, 7) is 2.95. The molecule has 0 bridgehead atoms. The maximum absolute atomic E-state index is 12.2. The Labute approximate surface area is 169 Å². The number of aromatic nitrogens is 1. The number of anilines is 1. The summed E-state index contributed by atoms with van der Waals surface area (Å²) in [7, 11) is 0. The first-order chi connectivity index (χ1) is 13.2. The molecule has 2 aromatic rings. The van der Waals surface area contributed by atoms with Crippen LogP contribution in [0.1, 0.15) is 48.1 Å². The zero-order valence-corrected chi connectivity index (χ0v) is 17.2. The Morgan fingerprint density at radius 1 is 1.15 bits per heavy atom. The van der Waals surface area contributed by atoms with Crippen molar-refractivity contribution in [3.63, 3.8) is 0 Å². The van der Waals surface area contributed by atoms with Crippen LogP contribution in [0.15, 0.2) is 34.9 Å². The van der Waals surface area contributed by atoms with Gasteiger partial charge >= 0.3 is 0 Å². The summed E-state index contributed by atoms with van der Waals surface area (Å²) in [5.74, 6) is 0.117. The van der Waals surface area contributed by atoms with Gasteiger partial charge in [-0.15, -0.1) is 0 Å². The van der Waals surface area contributed by atoms with Crippen molar-refractivity contribution < 1.29 is 4.79 Å². The Morgan fingerprint density at radius 2 is 1.93 bits per heavy atom. The molecule has 2 aliphatic rings. The highest BCUT2D eigenvalue weighted by Gasteiger charge is 2.26. The van der Waals surface area contributed by atoms with Crippen molar-refractivity contribution in [2.24, 2.45) is 0 Å². The molecule has 0 aliphatic carbocycles. The molecule has 0 fully saturated rings. The zero-order chi connectivity index (χ0) is 18.6. The molecule has 1 N–H and O–H groups in total. The van der Waals surface area contributed by atoms with E-state index in [2.05, 4.69) is 32.3 Å². The van der Waals surface area contributed by atoms with Gasteiger partial charge in [0.05, 0.1) is 0 Å². The summed E-state index contributed by atoms with van der Waals surface area (Å²) >= 11 is 3.43. The molecule has 142 valence electrons. The lowest BCUT2D eigenvalue weighted by Crippen LogP contribution is -2.35. The van der Waals surface area contributed by atoms with Crippen LogP contribution >= 0.6 is 15.9 Å². The number of amides is 1. The fourth-order valence-electron chi connectivity index (χ4n) is 4.23. The number of nitrogens with zero attached hydrogens (tertiary/aromatic N) is 2. The Balaban J connectivity index is 1.31. The molecule has 0 spiro atoms. The maximum Gasteiger partial charge on any atom is 0.220 e.